The van der Waals surface area contributed by atoms with E-state index in [9.17, 15) is 19.7 Å². The highest BCUT2D eigenvalue weighted by Gasteiger charge is 2.15. The van der Waals surface area contributed by atoms with Crippen molar-refractivity contribution in [2.45, 2.75) is 13.0 Å². The molecule has 2 aromatic rings. The van der Waals surface area contributed by atoms with E-state index in [1.54, 1.807) is 18.3 Å². The van der Waals surface area contributed by atoms with Crippen molar-refractivity contribution in [3.05, 3.63) is 73.6 Å². The predicted molar refractivity (Wildman–Crippen MR) is 85.8 cm³/mol. The van der Waals surface area contributed by atoms with Crippen LogP contribution in [0, 0.1) is 10.1 Å². The van der Waals surface area contributed by atoms with Crippen LogP contribution in [0.4, 0.5) is 5.69 Å². The molecule has 0 aliphatic carbocycles. The van der Waals surface area contributed by atoms with Gasteiger partial charge in [-0.1, -0.05) is 17.7 Å². The lowest BCUT2D eigenvalue weighted by molar-refractivity contribution is -0.384. The lowest BCUT2D eigenvalue weighted by Crippen LogP contribution is -2.27. The fourth-order valence-electron chi connectivity index (χ4n) is 1.99. The van der Waals surface area contributed by atoms with Crippen molar-refractivity contribution in [2.24, 2.45) is 0 Å². The zero-order valence-electron chi connectivity index (χ0n) is 12.1. The Kier molecular flexibility index (Phi) is 5.48. The molecule has 1 amide bonds. The number of carbonyl (C=O) groups excluding carboxylic acids is 1. The number of non-ortho nitro benzene ring substituents is 1. The Bertz CT molecular complexity index is 788. The standard InChI is InChI=1S/C15H14ClN3O4/c16-13-6-5-11(19(22)23)10-12(13)15(21)17-7-3-9-18-8-2-1-4-14(18)20/h1-2,4-6,8,10H,3,7,9H2,(H,17,21). The average Bonchev–Trinajstić information content (AvgIpc) is 2.53. The van der Waals surface area contributed by atoms with Gasteiger partial charge in [0.15, 0.2) is 0 Å². The zero-order valence-corrected chi connectivity index (χ0v) is 12.8. The predicted octanol–water partition coefficient (Wildman–Crippen LogP) is 2.23. The summed E-state index contributed by atoms with van der Waals surface area (Å²) in [6, 6.07) is 8.56. The van der Waals surface area contributed by atoms with E-state index < -0.39 is 10.8 Å². The third-order valence-corrected chi connectivity index (χ3v) is 3.50. The van der Waals surface area contributed by atoms with E-state index >= 15 is 0 Å². The van der Waals surface area contributed by atoms with E-state index in [1.165, 1.54) is 22.8 Å². The third-order valence-electron chi connectivity index (χ3n) is 3.17. The average molecular weight is 336 g/mol. The van der Waals surface area contributed by atoms with Gasteiger partial charge in [-0.2, -0.15) is 0 Å². The highest BCUT2D eigenvalue weighted by molar-refractivity contribution is 6.33. The molecule has 0 radical (unpaired) electrons. The second kappa shape index (κ2) is 7.55. The normalized spacial score (nSPS) is 10.3. The second-order valence-electron chi connectivity index (χ2n) is 4.76. The van der Waals surface area contributed by atoms with Gasteiger partial charge in [-0.25, -0.2) is 0 Å². The molecular formula is C15H14ClN3O4. The molecule has 23 heavy (non-hydrogen) atoms. The van der Waals surface area contributed by atoms with Crippen LogP contribution < -0.4 is 10.9 Å². The van der Waals surface area contributed by atoms with Gasteiger partial charge in [0.2, 0.25) is 5.56 Å². The molecule has 8 heteroatoms. The molecule has 1 N–H and O–H groups in total. The van der Waals surface area contributed by atoms with E-state index in [1.807, 2.05) is 0 Å². The molecule has 0 fully saturated rings. The van der Waals surface area contributed by atoms with Crippen LogP contribution in [0.2, 0.25) is 5.02 Å². The minimum absolute atomic E-state index is 0.0535. The van der Waals surface area contributed by atoms with Crippen molar-refractivity contribution in [1.29, 1.82) is 0 Å². The number of aryl methyl sites for hydroxylation is 1. The molecule has 0 bridgehead atoms. The molecule has 0 atom stereocenters. The number of halogens is 1. The molecule has 0 saturated heterocycles. The van der Waals surface area contributed by atoms with Gasteiger partial charge in [-0.3, -0.25) is 19.7 Å². The molecule has 1 aromatic carbocycles. The number of nitrogens with zero attached hydrogens (tertiary/aromatic N) is 2. The quantitative estimate of drug-likeness (QED) is 0.497. The van der Waals surface area contributed by atoms with E-state index in [4.69, 9.17) is 11.6 Å². The number of pyridine rings is 1. The number of hydrogen-bond acceptors (Lipinski definition) is 4. The fraction of sp³-hybridized carbons (Fsp3) is 0.200. The first-order valence-electron chi connectivity index (χ1n) is 6.86. The molecule has 1 heterocycles. The number of aromatic nitrogens is 1. The largest absolute Gasteiger partial charge is 0.352 e. The van der Waals surface area contributed by atoms with Gasteiger partial charge in [0.25, 0.3) is 11.6 Å². The summed E-state index contributed by atoms with van der Waals surface area (Å²) in [7, 11) is 0. The molecular weight excluding hydrogens is 322 g/mol. The van der Waals surface area contributed by atoms with Crippen LogP contribution in [0.1, 0.15) is 16.8 Å². The molecule has 0 spiro atoms. The third kappa shape index (κ3) is 4.40. The van der Waals surface area contributed by atoms with E-state index in [0.29, 0.717) is 19.5 Å². The SMILES string of the molecule is O=C(NCCCn1ccccc1=O)c1cc([N+](=O)[O-])ccc1Cl. The zero-order chi connectivity index (χ0) is 16.8. The van der Waals surface area contributed by atoms with Crippen LogP contribution in [0.25, 0.3) is 0 Å². The molecule has 0 aliphatic rings. The molecule has 0 aliphatic heterocycles. The van der Waals surface area contributed by atoms with Crippen LogP contribution in [0.5, 0.6) is 0 Å². The summed E-state index contributed by atoms with van der Waals surface area (Å²) in [4.78, 5) is 33.7. The number of nitro groups is 1. The topological polar surface area (TPSA) is 94.2 Å². The smallest absolute Gasteiger partial charge is 0.270 e. The van der Waals surface area contributed by atoms with Crippen LogP contribution in [-0.2, 0) is 6.54 Å². The summed E-state index contributed by atoms with van der Waals surface area (Å²) in [6.45, 7) is 0.780. The summed E-state index contributed by atoms with van der Waals surface area (Å²) in [5, 5.41) is 13.5. The molecule has 120 valence electrons. The number of nitrogens with one attached hydrogen (secondary N) is 1. The Labute approximate surface area is 136 Å². The maximum Gasteiger partial charge on any atom is 0.270 e. The van der Waals surface area contributed by atoms with Crippen molar-refractivity contribution in [3.8, 4) is 0 Å². The highest BCUT2D eigenvalue weighted by Crippen LogP contribution is 2.21. The number of rotatable bonds is 6. The van der Waals surface area contributed by atoms with Crippen LogP contribution in [-0.4, -0.2) is 21.9 Å². The van der Waals surface area contributed by atoms with E-state index in [2.05, 4.69) is 5.32 Å². The van der Waals surface area contributed by atoms with Gasteiger partial charge < -0.3 is 9.88 Å². The lowest BCUT2D eigenvalue weighted by atomic mass is 10.2. The van der Waals surface area contributed by atoms with Crippen LogP contribution >= 0.6 is 11.6 Å². The van der Waals surface area contributed by atoms with Gasteiger partial charge >= 0.3 is 0 Å². The first-order chi connectivity index (χ1) is 11.0. The Hall–Kier alpha value is -2.67. The minimum atomic E-state index is -0.588. The first-order valence-corrected chi connectivity index (χ1v) is 7.24. The molecule has 0 unspecified atom stereocenters. The Morgan fingerprint density at radius 3 is 2.78 bits per heavy atom. The summed E-state index contributed by atoms with van der Waals surface area (Å²) in [6.07, 6.45) is 2.21. The van der Waals surface area contributed by atoms with Crippen molar-refractivity contribution < 1.29 is 9.72 Å². The van der Waals surface area contributed by atoms with Crippen LogP contribution in [0.15, 0.2) is 47.4 Å². The van der Waals surface area contributed by atoms with Crippen LogP contribution in [0.3, 0.4) is 0 Å². The van der Waals surface area contributed by atoms with Gasteiger partial charge in [0.1, 0.15) is 0 Å². The van der Waals surface area contributed by atoms with Gasteiger partial charge in [-0.05, 0) is 18.6 Å². The fourth-order valence-corrected chi connectivity index (χ4v) is 2.20. The number of amides is 1. The van der Waals surface area contributed by atoms with Crippen molar-refractivity contribution in [3.63, 3.8) is 0 Å². The summed E-state index contributed by atoms with van der Waals surface area (Å²) in [5.41, 5.74) is -0.256. The van der Waals surface area contributed by atoms with Crippen molar-refractivity contribution in [2.75, 3.05) is 6.54 Å². The second-order valence-corrected chi connectivity index (χ2v) is 5.17. The van der Waals surface area contributed by atoms with Gasteiger partial charge in [0.05, 0.1) is 15.5 Å². The summed E-state index contributed by atoms with van der Waals surface area (Å²) >= 11 is 5.90. The monoisotopic (exact) mass is 335 g/mol. The van der Waals surface area contributed by atoms with Gasteiger partial charge in [-0.15, -0.1) is 0 Å². The Morgan fingerprint density at radius 1 is 1.30 bits per heavy atom. The lowest BCUT2D eigenvalue weighted by Gasteiger charge is -2.08. The number of hydrogen-bond donors (Lipinski definition) is 1. The number of carbonyl (C=O) groups is 1. The number of nitro benzene ring substituents is 1. The van der Waals surface area contributed by atoms with E-state index in [0.717, 1.165) is 6.07 Å². The van der Waals surface area contributed by atoms with Gasteiger partial charge in [0, 0.05) is 37.5 Å². The first kappa shape index (κ1) is 16.7. The maximum atomic E-state index is 12.0. The van der Waals surface area contributed by atoms with Crippen molar-refractivity contribution >= 4 is 23.2 Å². The highest BCUT2D eigenvalue weighted by atomic mass is 35.5. The summed E-state index contributed by atoms with van der Waals surface area (Å²) in [5.74, 6) is -0.487. The Balaban J connectivity index is 1.93. The summed E-state index contributed by atoms with van der Waals surface area (Å²) < 4.78 is 1.53. The molecule has 0 saturated carbocycles. The van der Waals surface area contributed by atoms with Crippen molar-refractivity contribution in [1.82, 2.24) is 9.88 Å². The molecule has 7 nitrogen and oxygen atoms in total. The minimum Gasteiger partial charge on any atom is -0.352 e. The number of benzene rings is 1. The Morgan fingerprint density at radius 2 is 2.09 bits per heavy atom. The maximum absolute atomic E-state index is 12.0. The molecule has 2 rings (SSSR count). The molecule has 1 aromatic heterocycles. The van der Waals surface area contributed by atoms with E-state index in [-0.39, 0.29) is 21.8 Å².